The minimum absolute atomic E-state index is 0.0779. The topological polar surface area (TPSA) is 66.4 Å². The molecular formula is C31H37FN6O. The summed E-state index contributed by atoms with van der Waals surface area (Å²) in [7, 11) is 0. The van der Waals surface area contributed by atoms with Crippen molar-refractivity contribution in [2.75, 3.05) is 37.7 Å². The van der Waals surface area contributed by atoms with E-state index >= 15 is 4.39 Å². The molecule has 5 aliphatic rings. The SMILES string of the molecule is C[C@H]1C[C@H]1c1ccccc1-c1ncc2c(N3C[C@H]4CC[C@@H](C3)N4)nc(OCC34CCCN3CCC4)nc2c1F. The highest BCUT2D eigenvalue weighted by Gasteiger charge is 2.45. The Bertz CT molecular complexity index is 1410. The van der Waals surface area contributed by atoms with Crippen LogP contribution >= 0.6 is 0 Å². The van der Waals surface area contributed by atoms with Gasteiger partial charge in [0.05, 0.1) is 10.9 Å². The molecule has 4 atom stereocenters. The summed E-state index contributed by atoms with van der Waals surface area (Å²) in [5, 5.41) is 4.37. The monoisotopic (exact) mass is 528 g/mol. The molecule has 6 heterocycles. The Balaban J connectivity index is 1.22. The Morgan fingerprint density at radius 2 is 1.82 bits per heavy atom. The van der Waals surface area contributed by atoms with Gasteiger partial charge in [-0.1, -0.05) is 31.2 Å². The molecule has 7 nitrogen and oxygen atoms in total. The number of aromatic nitrogens is 3. The molecule has 2 aromatic heterocycles. The Morgan fingerprint density at radius 3 is 2.56 bits per heavy atom. The third kappa shape index (κ3) is 4.01. The molecule has 1 aliphatic carbocycles. The van der Waals surface area contributed by atoms with E-state index in [0.29, 0.717) is 47.1 Å². The number of piperazine rings is 1. The number of hydrogen-bond acceptors (Lipinski definition) is 7. The van der Waals surface area contributed by atoms with Crippen molar-refractivity contribution in [1.82, 2.24) is 25.2 Å². The number of ether oxygens (including phenoxy) is 1. The Kier molecular flexibility index (Phi) is 5.60. The number of anilines is 1. The maximum absolute atomic E-state index is 16.5. The van der Waals surface area contributed by atoms with Crippen LogP contribution in [-0.2, 0) is 0 Å². The predicted molar refractivity (Wildman–Crippen MR) is 150 cm³/mol. The van der Waals surface area contributed by atoms with Crippen LogP contribution in [0.1, 0.15) is 63.4 Å². The molecule has 0 spiro atoms. The number of pyridine rings is 1. The van der Waals surface area contributed by atoms with Gasteiger partial charge in [0, 0.05) is 36.9 Å². The Morgan fingerprint density at radius 1 is 1.08 bits per heavy atom. The summed E-state index contributed by atoms with van der Waals surface area (Å²) in [4.78, 5) is 19.3. The predicted octanol–water partition coefficient (Wildman–Crippen LogP) is 4.90. The van der Waals surface area contributed by atoms with Gasteiger partial charge in [0.25, 0.3) is 0 Å². The van der Waals surface area contributed by atoms with Crippen molar-refractivity contribution >= 4 is 16.7 Å². The van der Waals surface area contributed by atoms with Gasteiger partial charge in [0.15, 0.2) is 5.82 Å². The van der Waals surface area contributed by atoms with Gasteiger partial charge in [-0.25, -0.2) is 4.39 Å². The summed E-state index contributed by atoms with van der Waals surface area (Å²) in [5.74, 6) is 1.47. The summed E-state index contributed by atoms with van der Waals surface area (Å²) in [6.45, 7) is 6.80. The highest BCUT2D eigenvalue weighted by atomic mass is 19.1. The first-order chi connectivity index (χ1) is 19.1. The molecule has 39 heavy (non-hydrogen) atoms. The lowest BCUT2D eigenvalue weighted by Gasteiger charge is -2.34. The summed E-state index contributed by atoms with van der Waals surface area (Å²) in [6, 6.07) is 9.30. The maximum atomic E-state index is 16.5. The minimum atomic E-state index is -0.374. The van der Waals surface area contributed by atoms with E-state index in [4.69, 9.17) is 19.7 Å². The highest BCUT2D eigenvalue weighted by Crippen LogP contribution is 2.50. The number of benzene rings is 1. The van der Waals surface area contributed by atoms with Gasteiger partial charge in [-0.05, 0) is 75.4 Å². The van der Waals surface area contributed by atoms with E-state index < -0.39 is 0 Å². The van der Waals surface area contributed by atoms with E-state index in [1.807, 2.05) is 18.2 Å². The molecule has 0 radical (unpaired) electrons. The molecule has 204 valence electrons. The van der Waals surface area contributed by atoms with E-state index in [-0.39, 0.29) is 17.4 Å². The van der Waals surface area contributed by atoms with Crippen LogP contribution < -0.4 is 15.0 Å². The first kappa shape index (κ1) is 24.0. The molecule has 0 amide bonds. The summed E-state index contributed by atoms with van der Waals surface area (Å²) in [6.07, 6.45) is 9.97. The van der Waals surface area contributed by atoms with Crippen molar-refractivity contribution in [3.63, 3.8) is 0 Å². The molecule has 2 bridgehead atoms. The zero-order valence-electron chi connectivity index (χ0n) is 22.7. The number of rotatable bonds is 6. The normalized spacial score (nSPS) is 29.2. The molecule has 1 saturated carbocycles. The van der Waals surface area contributed by atoms with Crippen LogP contribution in [0.5, 0.6) is 6.01 Å². The van der Waals surface area contributed by atoms with Crippen LogP contribution in [0.4, 0.5) is 10.2 Å². The van der Waals surface area contributed by atoms with Crippen molar-refractivity contribution in [3.05, 3.63) is 41.8 Å². The first-order valence-corrected chi connectivity index (χ1v) is 14.9. The van der Waals surface area contributed by atoms with Crippen molar-refractivity contribution in [2.45, 2.75) is 75.4 Å². The molecule has 1 aromatic carbocycles. The fraction of sp³-hybridized carbons (Fsp3) is 0.581. The van der Waals surface area contributed by atoms with Gasteiger partial charge < -0.3 is 15.0 Å². The van der Waals surface area contributed by atoms with Crippen molar-refractivity contribution in [1.29, 1.82) is 0 Å². The van der Waals surface area contributed by atoms with E-state index in [1.54, 1.807) is 6.20 Å². The molecule has 3 aromatic rings. The molecule has 8 rings (SSSR count). The van der Waals surface area contributed by atoms with E-state index in [2.05, 4.69) is 28.1 Å². The van der Waals surface area contributed by atoms with Crippen LogP contribution in [0.25, 0.3) is 22.2 Å². The van der Waals surface area contributed by atoms with Gasteiger partial charge in [0.1, 0.15) is 23.6 Å². The van der Waals surface area contributed by atoms with Crippen molar-refractivity contribution in [2.24, 2.45) is 5.92 Å². The highest BCUT2D eigenvalue weighted by molar-refractivity contribution is 5.92. The summed E-state index contributed by atoms with van der Waals surface area (Å²) >= 11 is 0. The van der Waals surface area contributed by atoms with Crippen LogP contribution in [0.2, 0.25) is 0 Å². The molecular weight excluding hydrogens is 491 g/mol. The van der Waals surface area contributed by atoms with Gasteiger partial charge in [-0.3, -0.25) is 9.88 Å². The molecule has 4 saturated heterocycles. The largest absolute Gasteiger partial charge is 0.461 e. The number of halogens is 1. The number of nitrogens with one attached hydrogen (secondary N) is 1. The van der Waals surface area contributed by atoms with Crippen LogP contribution in [0.15, 0.2) is 30.5 Å². The zero-order chi connectivity index (χ0) is 26.1. The van der Waals surface area contributed by atoms with Gasteiger partial charge in [-0.15, -0.1) is 0 Å². The molecule has 1 N–H and O–H groups in total. The lowest BCUT2D eigenvalue weighted by Crippen LogP contribution is -2.51. The standard InChI is InChI=1S/C31H37FN6O/c1-19-14-24(19)22-6-2-3-7-23(22)27-26(32)28-25(15-33-27)29(37-16-20-8-9-21(17-37)34-20)36-30(35-28)39-18-31-10-4-12-38(31)13-5-11-31/h2-3,6-7,15,19-21,24,34H,4-5,8-14,16-18H2,1H3/t19-,20-,21+,24+/m0/s1. The second-order valence-corrected chi connectivity index (χ2v) is 12.7. The quantitative estimate of drug-likeness (QED) is 0.488. The first-order valence-electron chi connectivity index (χ1n) is 14.9. The van der Waals surface area contributed by atoms with E-state index in [0.717, 1.165) is 56.8 Å². The van der Waals surface area contributed by atoms with Crippen LogP contribution in [-0.4, -0.2) is 70.3 Å². The summed E-state index contributed by atoms with van der Waals surface area (Å²) < 4.78 is 22.9. The van der Waals surface area contributed by atoms with Gasteiger partial charge >= 0.3 is 6.01 Å². The van der Waals surface area contributed by atoms with E-state index in [1.165, 1.54) is 31.2 Å². The van der Waals surface area contributed by atoms with Crippen molar-refractivity contribution < 1.29 is 9.13 Å². The van der Waals surface area contributed by atoms with Crippen LogP contribution in [0.3, 0.4) is 0 Å². The molecule has 4 aliphatic heterocycles. The fourth-order valence-corrected chi connectivity index (χ4v) is 7.94. The van der Waals surface area contributed by atoms with Gasteiger partial charge in [-0.2, -0.15) is 9.97 Å². The Hall–Kier alpha value is -2.84. The lowest BCUT2D eigenvalue weighted by atomic mass is 9.95. The zero-order valence-corrected chi connectivity index (χ0v) is 22.7. The fourth-order valence-electron chi connectivity index (χ4n) is 7.94. The minimum Gasteiger partial charge on any atom is -0.461 e. The van der Waals surface area contributed by atoms with Crippen molar-refractivity contribution in [3.8, 4) is 17.3 Å². The van der Waals surface area contributed by atoms with E-state index in [9.17, 15) is 0 Å². The third-order valence-corrected chi connectivity index (χ3v) is 10.2. The van der Waals surface area contributed by atoms with Crippen LogP contribution in [0, 0.1) is 11.7 Å². The maximum Gasteiger partial charge on any atom is 0.319 e. The molecule has 5 fully saturated rings. The Labute approximate surface area is 229 Å². The third-order valence-electron chi connectivity index (χ3n) is 10.2. The average Bonchev–Trinajstić information content (AvgIpc) is 3.22. The number of nitrogens with zero attached hydrogens (tertiary/aromatic N) is 5. The second-order valence-electron chi connectivity index (χ2n) is 12.7. The summed E-state index contributed by atoms with van der Waals surface area (Å²) in [5.41, 5.74) is 2.83. The smallest absolute Gasteiger partial charge is 0.319 e. The lowest BCUT2D eigenvalue weighted by molar-refractivity contribution is 0.108. The van der Waals surface area contributed by atoms with Gasteiger partial charge in [0.2, 0.25) is 0 Å². The molecule has 0 unspecified atom stereocenters. The second kappa shape index (κ2) is 9.10. The number of fused-ring (bicyclic) bond motifs is 4. The number of hydrogen-bond donors (Lipinski definition) is 1. The average molecular weight is 529 g/mol. The molecule has 8 heteroatoms.